The molecule has 0 saturated heterocycles. The van der Waals surface area contributed by atoms with Gasteiger partial charge in [0.25, 0.3) is 0 Å². The lowest BCUT2D eigenvalue weighted by molar-refractivity contribution is -0.140. The van der Waals surface area contributed by atoms with Gasteiger partial charge in [-0.3, -0.25) is 9.78 Å². The van der Waals surface area contributed by atoms with Crippen molar-refractivity contribution < 1.29 is 22.7 Å². The summed E-state index contributed by atoms with van der Waals surface area (Å²) in [5.74, 6) is 0.341. The first-order valence-electron chi connectivity index (χ1n) is 9.59. The second-order valence-electron chi connectivity index (χ2n) is 7.28. The van der Waals surface area contributed by atoms with E-state index in [0.717, 1.165) is 42.4 Å². The van der Waals surface area contributed by atoms with Crippen LogP contribution in [-0.4, -0.2) is 24.8 Å². The Hall–Kier alpha value is -2.08. The molecule has 0 unspecified atom stereocenters. The molecule has 31 heavy (non-hydrogen) atoms. The van der Waals surface area contributed by atoms with Crippen molar-refractivity contribution in [2.45, 2.75) is 44.9 Å². The second-order valence-corrected chi connectivity index (χ2v) is 9.12. The molecule has 0 radical (unpaired) electrons. The van der Waals surface area contributed by atoms with E-state index in [1.807, 2.05) is 0 Å². The van der Waals surface area contributed by atoms with Gasteiger partial charge >= 0.3 is 6.18 Å². The van der Waals surface area contributed by atoms with Crippen LogP contribution in [0.2, 0.25) is 0 Å². The smallest absolute Gasteiger partial charge is 0.434 e. The molecule has 162 valence electrons. The van der Waals surface area contributed by atoms with E-state index in [4.69, 9.17) is 4.74 Å². The Kier molecular flexibility index (Phi) is 6.29. The van der Waals surface area contributed by atoms with Gasteiger partial charge in [-0.1, -0.05) is 0 Å². The van der Waals surface area contributed by atoms with E-state index in [1.165, 1.54) is 6.20 Å². The number of nitrogens with zero attached hydrogens (tertiary/aromatic N) is 3. The van der Waals surface area contributed by atoms with Gasteiger partial charge in [0, 0.05) is 68.3 Å². The predicted molar refractivity (Wildman–Crippen MR) is 120 cm³/mol. The Morgan fingerprint density at radius 2 is 1.87 bits per heavy atom. The van der Waals surface area contributed by atoms with Gasteiger partial charge in [-0.05, 0) is 44.7 Å². The van der Waals surface area contributed by atoms with Gasteiger partial charge in [-0.25, -0.2) is 9.97 Å². The van der Waals surface area contributed by atoms with Gasteiger partial charge in [0.15, 0.2) is 5.69 Å². The van der Waals surface area contributed by atoms with Crippen molar-refractivity contribution in [3.8, 4) is 27.6 Å². The van der Waals surface area contributed by atoms with Crippen LogP contribution >= 0.6 is 33.9 Å². The molecule has 4 rings (SSSR count). The van der Waals surface area contributed by atoms with Crippen LogP contribution in [0.15, 0.2) is 29.9 Å². The first-order valence-corrected chi connectivity index (χ1v) is 11.5. The molecule has 5 nitrogen and oxygen atoms in total. The minimum absolute atomic E-state index is 0.0194. The van der Waals surface area contributed by atoms with Crippen molar-refractivity contribution in [3.05, 3.63) is 46.9 Å². The number of hydrogen-bond donors (Lipinski definition) is 0. The molecule has 0 aliphatic heterocycles. The molecule has 3 aromatic heterocycles. The standard InChI is InChI=1S/C21H17F3IN3O2S/c1-11-6-15(20-28-17(10-31-20)21(22,23)24)16(9-26-11)14-7-12(18(25)29)8-27-19(14)30-13-4-2-3-5-13/h6-10,13H,2-5H2,1H3. The molecule has 1 fully saturated rings. The summed E-state index contributed by atoms with van der Waals surface area (Å²) in [6.07, 6.45) is 2.48. The number of alkyl halides is 3. The van der Waals surface area contributed by atoms with Crippen molar-refractivity contribution in [2.24, 2.45) is 0 Å². The fourth-order valence-electron chi connectivity index (χ4n) is 3.49. The molecule has 10 heteroatoms. The maximum atomic E-state index is 13.1. The van der Waals surface area contributed by atoms with Gasteiger partial charge in [0.2, 0.25) is 9.67 Å². The minimum atomic E-state index is -4.52. The Morgan fingerprint density at radius 1 is 1.13 bits per heavy atom. The molecule has 3 aromatic rings. The summed E-state index contributed by atoms with van der Waals surface area (Å²) in [5, 5.41) is 1.21. The van der Waals surface area contributed by atoms with E-state index in [-0.39, 0.29) is 14.9 Å². The lowest BCUT2D eigenvalue weighted by atomic mass is 10.0. The topological polar surface area (TPSA) is 65.0 Å². The first kappa shape index (κ1) is 22.1. The van der Waals surface area contributed by atoms with Crippen molar-refractivity contribution in [2.75, 3.05) is 0 Å². The van der Waals surface area contributed by atoms with Crippen LogP contribution < -0.4 is 4.74 Å². The number of aromatic nitrogens is 3. The first-order chi connectivity index (χ1) is 14.7. The Morgan fingerprint density at radius 3 is 2.52 bits per heavy atom. The number of thiazole rings is 1. The zero-order chi connectivity index (χ0) is 22.2. The highest BCUT2D eigenvalue weighted by molar-refractivity contribution is 14.1. The molecule has 0 N–H and O–H groups in total. The number of carbonyl (C=O) groups is 1. The Labute approximate surface area is 194 Å². The van der Waals surface area contributed by atoms with Crippen LogP contribution in [-0.2, 0) is 6.18 Å². The number of aryl methyl sites for hydroxylation is 1. The van der Waals surface area contributed by atoms with Gasteiger partial charge in [-0.15, -0.1) is 11.3 Å². The molecular weight excluding hydrogens is 542 g/mol. The van der Waals surface area contributed by atoms with Gasteiger partial charge < -0.3 is 4.74 Å². The summed E-state index contributed by atoms with van der Waals surface area (Å²) in [4.78, 5) is 24.5. The van der Waals surface area contributed by atoms with Crippen molar-refractivity contribution in [1.82, 2.24) is 15.0 Å². The van der Waals surface area contributed by atoms with Crippen LogP contribution in [0, 0.1) is 6.92 Å². The van der Waals surface area contributed by atoms with Gasteiger partial charge in [0.1, 0.15) is 11.1 Å². The van der Waals surface area contributed by atoms with Crippen molar-refractivity contribution >= 4 is 37.7 Å². The number of ether oxygens (including phenoxy) is 1. The largest absolute Gasteiger partial charge is 0.474 e. The predicted octanol–water partition coefficient (Wildman–Crippen LogP) is 6.49. The van der Waals surface area contributed by atoms with E-state index in [2.05, 4.69) is 15.0 Å². The molecule has 0 aromatic carbocycles. The Balaban J connectivity index is 1.86. The quantitative estimate of drug-likeness (QED) is 0.264. The third-order valence-electron chi connectivity index (χ3n) is 5.01. The van der Waals surface area contributed by atoms with Crippen LogP contribution in [0.25, 0.3) is 21.7 Å². The maximum absolute atomic E-state index is 13.1. The lowest BCUT2D eigenvalue weighted by Crippen LogP contribution is -2.13. The fourth-order valence-corrected chi connectivity index (χ4v) is 4.64. The molecule has 0 atom stereocenters. The van der Waals surface area contributed by atoms with E-state index < -0.39 is 11.9 Å². The van der Waals surface area contributed by atoms with Gasteiger partial charge in [0.05, 0.1) is 0 Å². The molecule has 0 bridgehead atoms. The zero-order valence-electron chi connectivity index (χ0n) is 16.4. The number of rotatable bonds is 5. The lowest BCUT2D eigenvalue weighted by Gasteiger charge is -2.17. The third kappa shape index (κ3) is 4.89. The minimum Gasteiger partial charge on any atom is -0.474 e. The Bertz CT molecular complexity index is 1130. The summed E-state index contributed by atoms with van der Waals surface area (Å²) in [5.41, 5.74) is 1.59. The highest BCUT2D eigenvalue weighted by Gasteiger charge is 2.34. The number of halogens is 4. The number of hydrogen-bond acceptors (Lipinski definition) is 6. The van der Waals surface area contributed by atoms with Crippen LogP contribution in [0.1, 0.15) is 47.4 Å². The normalized spacial score (nSPS) is 14.7. The van der Waals surface area contributed by atoms with Crippen LogP contribution in [0.5, 0.6) is 5.88 Å². The monoisotopic (exact) mass is 559 g/mol. The summed E-state index contributed by atoms with van der Waals surface area (Å²) in [7, 11) is 0. The summed E-state index contributed by atoms with van der Waals surface area (Å²) in [6.45, 7) is 1.75. The second kappa shape index (κ2) is 8.81. The SMILES string of the molecule is Cc1cc(-c2nc(C(F)(F)F)cs2)c(-c2cc(C(=O)I)cnc2OC2CCCC2)cn1. The van der Waals surface area contributed by atoms with Crippen LogP contribution in [0.4, 0.5) is 13.2 Å². The maximum Gasteiger partial charge on any atom is 0.434 e. The number of pyridine rings is 2. The van der Waals surface area contributed by atoms with Crippen LogP contribution in [0.3, 0.4) is 0 Å². The van der Waals surface area contributed by atoms with E-state index in [9.17, 15) is 18.0 Å². The highest BCUT2D eigenvalue weighted by atomic mass is 127. The summed E-state index contributed by atoms with van der Waals surface area (Å²) < 4.78 is 45.3. The molecule has 0 amide bonds. The van der Waals surface area contributed by atoms with Crippen molar-refractivity contribution in [1.29, 1.82) is 0 Å². The average molecular weight is 559 g/mol. The molecule has 1 aliphatic rings. The molecule has 1 saturated carbocycles. The van der Waals surface area contributed by atoms with E-state index in [0.29, 0.717) is 33.8 Å². The molecule has 3 heterocycles. The van der Waals surface area contributed by atoms with E-state index >= 15 is 0 Å². The molecule has 1 aliphatic carbocycles. The van der Waals surface area contributed by atoms with Crippen molar-refractivity contribution in [3.63, 3.8) is 0 Å². The number of carbonyl (C=O) groups excluding carboxylic acids is 1. The molecule has 0 spiro atoms. The third-order valence-corrected chi connectivity index (χ3v) is 6.51. The summed E-state index contributed by atoms with van der Waals surface area (Å²) in [6, 6.07) is 3.34. The van der Waals surface area contributed by atoms with E-state index in [1.54, 1.807) is 47.8 Å². The molecular formula is C21H17F3IN3O2S. The highest BCUT2D eigenvalue weighted by Crippen LogP contribution is 2.41. The fraction of sp³-hybridized carbons (Fsp3) is 0.333. The summed E-state index contributed by atoms with van der Waals surface area (Å²) >= 11 is 2.58. The average Bonchev–Trinajstić information content (AvgIpc) is 3.40. The zero-order valence-corrected chi connectivity index (χ0v) is 19.3. The van der Waals surface area contributed by atoms with Gasteiger partial charge in [-0.2, -0.15) is 13.2 Å².